The molecule has 0 aliphatic carbocycles. The monoisotopic (exact) mass is 282 g/mol. The minimum Gasteiger partial charge on any atom is -0.304 e. The molecule has 0 unspecified atom stereocenters. The van der Waals surface area contributed by atoms with E-state index in [0.29, 0.717) is 10.7 Å². The van der Waals surface area contributed by atoms with Crippen molar-refractivity contribution in [3.05, 3.63) is 28.5 Å². The summed E-state index contributed by atoms with van der Waals surface area (Å²) in [7, 11) is 2.08. The highest BCUT2D eigenvalue weighted by atomic mass is 35.5. The Labute approximate surface area is 118 Å². The lowest BCUT2D eigenvalue weighted by atomic mass is 10.2. The predicted molar refractivity (Wildman–Crippen MR) is 75.2 cm³/mol. The number of rotatable bonds is 3. The molecular weight excluding hydrogens is 264 g/mol. The maximum Gasteiger partial charge on any atom is 0.265 e. The Balaban J connectivity index is 2.01. The molecule has 2 heterocycles. The summed E-state index contributed by atoms with van der Waals surface area (Å²) >= 11 is 5.92. The Morgan fingerprint density at radius 3 is 2.68 bits per heavy atom. The second-order valence-electron chi connectivity index (χ2n) is 4.75. The van der Waals surface area contributed by atoms with E-state index < -0.39 is 0 Å². The highest BCUT2D eigenvalue weighted by Crippen LogP contribution is 2.11. The van der Waals surface area contributed by atoms with Gasteiger partial charge in [0.15, 0.2) is 0 Å². The second-order valence-corrected chi connectivity index (χ2v) is 5.14. The number of pyridine rings is 1. The Kier molecular flexibility index (Phi) is 4.74. The van der Waals surface area contributed by atoms with Crippen LogP contribution in [0, 0.1) is 0 Å². The van der Waals surface area contributed by atoms with Crippen molar-refractivity contribution in [3.8, 4) is 0 Å². The summed E-state index contributed by atoms with van der Waals surface area (Å²) in [6, 6.07) is 3.39. The van der Waals surface area contributed by atoms with Crippen molar-refractivity contribution in [2.75, 3.05) is 33.2 Å². The molecule has 0 spiro atoms. The zero-order valence-electron chi connectivity index (χ0n) is 11.3. The molecule has 0 radical (unpaired) electrons. The van der Waals surface area contributed by atoms with Crippen LogP contribution in [0.1, 0.15) is 23.0 Å². The average molecular weight is 283 g/mol. The van der Waals surface area contributed by atoms with Crippen LogP contribution in [0.4, 0.5) is 0 Å². The van der Waals surface area contributed by atoms with Gasteiger partial charge >= 0.3 is 0 Å². The van der Waals surface area contributed by atoms with Gasteiger partial charge in [-0.05, 0) is 25.6 Å². The van der Waals surface area contributed by atoms with Crippen molar-refractivity contribution in [2.45, 2.75) is 13.3 Å². The van der Waals surface area contributed by atoms with Gasteiger partial charge in [0.05, 0.1) is 0 Å². The molecule has 1 N–H and O–H groups in total. The number of halogens is 1. The van der Waals surface area contributed by atoms with Crippen LogP contribution in [0.5, 0.6) is 0 Å². The Bertz CT molecular complexity index is 458. The summed E-state index contributed by atoms with van der Waals surface area (Å²) in [4.78, 5) is 18.6. The van der Waals surface area contributed by atoms with E-state index in [-0.39, 0.29) is 5.91 Å². The summed E-state index contributed by atoms with van der Waals surface area (Å²) in [5.74, 6) is -0.122. The molecule has 104 valence electrons. The van der Waals surface area contributed by atoms with Crippen LogP contribution in [-0.4, -0.2) is 54.0 Å². The third-order valence-electron chi connectivity index (χ3n) is 3.23. The van der Waals surface area contributed by atoms with Gasteiger partial charge in [-0.15, -0.1) is 0 Å². The third-order valence-corrected chi connectivity index (χ3v) is 3.43. The smallest absolute Gasteiger partial charge is 0.265 e. The number of nitrogens with one attached hydrogen (secondary N) is 1. The van der Waals surface area contributed by atoms with Crippen LogP contribution in [0.15, 0.2) is 12.1 Å². The first-order valence-electron chi connectivity index (χ1n) is 6.49. The maximum atomic E-state index is 12.2. The zero-order chi connectivity index (χ0) is 13.8. The van der Waals surface area contributed by atoms with Crippen LogP contribution in [0.3, 0.4) is 0 Å². The van der Waals surface area contributed by atoms with Crippen molar-refractivity contribution >= 4 is 17.5 Å². The van der Waals surface area contributed by atoms with E-state index in [0.717, 1.165) is 38.3 Å². The molecule has 0 bridgehead atoms. The molecule has 1 aliphatic rings. The molecule has 2 rings (SSSR count). The van der Waals surface area contributed by atoms with E-state index in [1.165, 1.54) is 0 Å². The van der Waals surface area contributed by atoms with Crippen molar-refractivity contribution in [3.63, 3.8) is 0 Å². The van der Waals surface area contributed by atoms with E-state index in [1.807, 2.05) is 11.9 Å². The van der Waals surface area contributed by atoms with Gasteiger partial charge in [-0.25, -0.2) is 9.99 Å². The van der Waals surface area contributed by atoms with Gasteiger partial charge in [0.1, 0.15) is 5.15 Å². The number of hydrogen-bond donors (Lipinski definition) is 1. The molecule has 1 aromatic rings. The normalized spacial score (nSPS) is 17.4. The first kappa shape index (κ1) is 14.2. The molecule has 1 aliphatic heterocycles. The topological polar surface area (TPSA) is 48.5 Å². The van der Waals surface area contributed by atoms with Crippen molar-refractivity contribution in [1.29, 1.82) is 0 Å². The van der Waals surface area contributed by atoms with Gasteiger partial charge in [-0.1, -0.05) is 18.5 Å². The summed E-state index contributed by atoms with van der Waals surface area (Å²) < 4.78 is 0. The molecule has 6 heteroatoms. The Morgan fingerprint density at radius 1 is 1.37 bits per heavy atom. The predicted octanol–water partition coefficient (Wildman–Crippen LogP) is 1.19. The number of hydrogen-bond acceptors (Lipinski definition) is 4. The summed E-state index contributed by atoms with van der Waals surface area (Å²) in [6.07, 6.45) is 0.759. The molecule has 1 aromatic heterocycles. The van der Waals surface area contributed by atoms with Crippen molar-refractivity contribution in [2.24, 2.45) is 0 Å². The SMILES string of the molecule is CCc1cc(C(=O)NN2CCN(C)CC2)cc(Cl)n1. The molecule has 0 saturated carbocycles. The number of amides is 1. The van der Waals surface area contributed by atoms with Crippen LogP contribution >= 0.6 is 11.6 Å². The molecular formula is C13H19ClN4O. The maximum absolute atomic E-state index is 12.2. The number of carbonyl (C=O) groups is 1. The van der Waals surface area contributed by atoms with Crippen LogP contribution in [0.2, 0.25) is 5.15 Å². The molecule has 0 atom stereocenters. The highest BCUT2D eigenvalue weighted by molar-refractivity contribution is 6.29. The van der Waals surface area contributed by atoms with Crippen LogP contribution in [-0.2, 0) is 6.42 Å². The minimum atomic E-state index is -0.122. The van der Waals surface area contributed by atoms with Gasteiger partial charge in [0.2, 0.25) is 0 Å². The second kappa shape index (κ2) is 6.32. The molecule has 0 aromatic carbocycles. The fourth-order valence-corrected chi connectivity index (χ4v) is 2.22. The third kappa shape index (κ3) is 3.89. The molecule has 1 fully saturated rings. The van der Waals surface area contributed by atoms with Crippen LogP contribution in [0.25, 0.3) is 0 Å². The zero-order valence-corrected chi connectivity index (χ0v) is 12.1. The van der Waals surface area contributed by atoms with E-state index in [4.69, 9.17) is 11.6 Å². The molecule has 1 amide bonds. The van der Waals surface area contributed by atoms with Gasteiger partial charge in [0, 0.05) is 37.4 Å². The number of carbonyl (C=O) groups excluding carboxylic acids is 1. The average Bonchev–Trinajstić information content (AvgIpc) is 2.40. The number of piperazine rings is 1. The highest BCUT2D eigenvalue weighted by Gasteiger charge is 2.17. The summed E-state index contributed by atoms with van der Waals surface area (Å²) in [6.45, 7) is 5.57. The number of nitrogens with zero attached hydrogens (tertiary/aromatic N) is 3. The lowest BCUT2D eigenvalue weighted by Gasteiger charge is -2.32. The first-order chi connectivity index (χ1) is 9.08. The fourth-order valence-electron chi connectivity index (χ4n) is 1.99. The first-order valence-corrected chi connectivity index (χ1v) is 6.87. The lowest BCUT2D eigenvalue weighted by Crippen LogP contribution is -2.52. The van der Waals surface area contributed by atoms with Gasteiger partial charge in [-0.2, -0.15) is 0 Å². The van der Waals surface area contributed by atoms with Gasteiger partial charge in [-0.3, -0.25) is 10.2 Å². The lowest BCUT2D eigenvalue weighted by molar-refractivity contribution is 0.0662. The van der Waals surface area contributed by atoms with E-state index in [9.17, 15) is 4.79 Å². The standard InChI is InChI=1S/C13H19ClN4O/c1-3-11-8-10(9-12(14)15-11)13(19)16-18-6-4-17(2)5-7-18/h8-9H,3-7H2,1-2H3,(H,16,19). The molecule has 19 heavy (non-hydrogen) atoms. The number of aromatic nitrogens is 1. The van der Waals surface area contributed by atoms with Gasteiger partial charge in [0.25, 0.3) is 5.91 Å². The van der Waals surface area contributed by atoms with E-state index in [2.05, 4.69) is 22.4 Å². The Hall–Kier alpha value is -1.17. The van der Waals surface area contributed by atoms with Crippen molar-refractivity contribution < 1.29 is 4.79 Å². The Morgan fingerprint density at radius 2 is 2.05 bits per heavy atom. The quantitative estimate of drug-likeness (QED) is 0.846. The van der Waals surface area contributed by atoms with E-state index >= 15 is 0 Å². The molecule has 5 nitrogen and oxygen atoms in total. The minimum absolute atomic E-state index is 0.122. The van der Waals surface area contributed by atoms with E-state index in [1.54, 1.807) is 12.1 Å². The summed E-state index contributed by atoms with van der Waals surface area (Å²) in [5, 5.41) is 2.31. The van der Waals surface area contributed by atoms with Crippen molar-refractivity contribution in [1.82, 2.24) is 20.3 Å². The van der Waals surface area contributed by atoms with Gasteiger partial charge < -0.3 is 4.90 Å². The molecule has 1 saturated heterocycles. The number of likely N-dealkylation sites (N-methyl/N-ethyl adjacent to an activating group) is 1. The number of hydrazine groups is 1. The summed E-state index contributed by atoms with van der Waals surface area (Å²) in [5.41, 5.74) is 4.31. The largest absolute Gasteiger partial charge is 0.304 e. The fraction of sp³-hybridized carbons (Fsp3) is 0.538. The number of aryl methyl sites for hydroxylation is 1. The van der Waals surface area contributed by atoms with Crippen LogP contribution < -0.4 is 5.43 Å².